The van der Waals surface area contributed by atoms with Gasteiger partial charge in [-0.15, -0.1) is 0 Å². The summed E-state index contributed by atoms with van der Waals surface area (Å²) in [6.07, 6.45) is 5.08. The van der Waals surface area contributed by atoms with Gasteiger partial charge >= 0.3 is 0 Å². The molecule has 0 unspecified atom stereocenters. The molecule has 174 valence electrons. The van der Waals surface area contributed by atoms with Crippen molar-refractivity contribution in [1.82, 2.24) is 10.2 Å². The Balaban J connectivity index is 1.56. The summed E-state index contributed by atoms with van der Waals surface area (Å²) in [5.74, 6) is 1.48. The molecule has 1 saturated heterocycles. The van der Waals surface area contributed by atoms with E-state index in [2.05, 4.69) is 17.6 Å². The zero-order chi connectivity index (χ0) is 23.8. The van der Waals surface area contributed by atoms with Crippen molar-refractivity contribution in [3.8, 4) is 11.5 Å². The van der Waals surface area contributed by atoms with E-state index in [1.165, 1.54) is 6.08 Å². The van der Waals surface area contributed by atoms with Crippen LogP contribution in [0.25, 0.3) is 6.08 Å². The first-order valence-electron chi connectivity index (χ1n) is 10.8. The molecule has 0 atom stereocenters. The third kappa shape index (κ3) is 6.79. The maximum atomic E-state index is 12.8. The average Bonchev–Trinajstić information content (AvgIpc) is 2.82. The van der Waals surface area contributed by atoms with E-state index in [4.69, 9.17) is 21.7 Å². The number of methoxy groups -OCH3 is 2. The number of carbonyl (C=O) groups is 2. The van der Waals surface area contributed by atoms with Gasteiger partial charge in [-0.3, -0.25) is 14.9 Å². The molecule has 1 fully saturated rings. The number of ether oxygens (including phenoxy) is 2. The largest absolute Gasteiger partial charge is 0.493 e. The number of nitrogens with zero attached hydrogens (tertiary/aromatic N) is 1. The van der Waals surface area contributed by atoms with Gasteiger partial charge in [-0.05, 0) is 72.9 Å². The molecule has 1 aliphatic heterocycles. The van der Waals surface area contributed by atoms with E-state index in [-0.39, 0.29) is 16.9 Å². The number of rotatable bonds is 6. The highest BCUT2D eigenvalue weighted by molar-refractivity contribution is 7.80. The molecule has 1 heterocycles. The molecule has 0 spiro atoms. The van der Waals surface area contributed by atoms with Gasteiger partial charge in [-0.2, -0.15) is 0 Å². The normalized spacial score (nSPS) is 14.1. The fourth-order valence-corrected chi connectivity index (χ4v) is 3.79. The molecule has 0 radical (unpaired) electrons. The molecule has 0 bridgehead atoms. The van der Waals surface area contributed by atoms with Crippen LogP contribution in [-0.2, 0) is 4.79 Å². The Labute approximate surface area is 199 Å². The highest BCUT2D eigenvalue weighted by Gasteiger charge is 2.21. The van der Waals surface area contributed by atoms with E-state index in [9.17, 15) is 9.59 Å². The van der Waals surface area contributed by atoms with Crippen molar-refractivity contribution in [2.24, 2.45) is 5.92 Å². The van der Waals surface area contributed by atoms with E-state index in [1.54, 1.807) is 56.7 Å². The van der Waals surface area contributed by atoms with Crippen LogP contribution in [0.5, 0.6) is 11.5 Å². The van der Waals surface area contributed by atoms with Gasteiger partial charge in [-0.1, -0.05) is 19.1 Å². The standard InChI is InChI=1S/C25H29N3O4S/c1-17-11-13-28(14-12-17)24(30)19-5-4-6-20(16-19)26-25(33)27-23(29)10-8-18-7-9-21(31-2)22(15-18)32-3/h4-10,15-17H,11-14H2,1-3H3,(H2,26,27,29,33)/b10-8+. The summed E-state index contributed by atoms with van der Waals surface area (Å²) >= 11 is 5.25. The first-order valence-corrected chi connectivity index (χ1v) is 11.2. The number of benzene rings is 2. The number of nitrogens with one attached hydrogen (secondary N) is 2. The van der Waals surface area contributed by atoms with Crippen molar-refractivity contribution in [3.05, 3.63) is 59.7 Å². The van der Waals surface area contributed by atoms with Gasteiger partial charge in [0.2, 0.25) is 5.91 Å². The van der Waals surface area contributed by atoms with Crippen LogP contribution in [0.1, 0.15) is 35.7 Å². The Hall–Kier alpha value is -3.39. The number of likely N-dealkylation sites (tertiary alicyclic amines) is 1. The molecule has 8 heteroatoms. The molecule has 3 rings (SSSR count). The maximum absolute atomic E-state index is 12.8. The van der Waals surface area contributed by atoms with Crippen LogP contribution in [-0.4, -0.2) is 49.1 Å². The number of piperidine rings is 1. The topological polar surface area (TPSA) is 79.9 Å². The predicted molar refractivity (Wildman–Crippen MR) is 134 cm³/mol. The van der Waals surface area contributed by atoms with Crippen LogP contribution in [0.15, 0.2) is 48.5 Å². The minimum Gasteiger partial charge on any atom is -0.493 e. The number of hydrogen-bond acceptors (Lipinski definition) is 5. The predicted octanol–water partition coefficient (Wildman–Crippen LogP) is 4.10. The number of thiocarbonyl (C=S) groups is 1. The second-order valence-corrected chi connectivity index (χ2v) is 8.35. The summed E-state index contributed by atoms with van der Waals surface area (Å²) in [6, 6.07) is 12.5. The zero-order valence-electron chi connectivity index (χ0n) is 19.1. The summed E-state index contributed by atoms with van der Waals surface area (Å²) in [4.78, 5) is 26.9. The van der Waals surface area contributed by atoms with E-state index in [1.807, 2.05) is 11.0 Å². The first kappa shape index (κ1) is 24.3. The Morgan fingerprint density at radius 3 is 2.48 bits per heavy atom. The lowest BCUT2D eigenvalue weighted by Crippen LogP contribution is -2.38. The Bertz CT molecular complexity index is 1050. The van der Waals surface area contributed by atoms with Crippen LogP contribution < -0.4 is 20.1 Å². The molecule has 0 aromatic heterocycles. The van der Waals surface area contributed by atoms with Gasteiger partial charge < -0.3 is 19.7 Å². The van der Waals surface area contributed by atoms with Crippen LogP contribution in [0.3, 0.4) is 0 Å². The average molecular weight is 468 g/mol. The minimum atomic E-state index is -0.378. The summed E-state index contributed by atoms with van der Waals surface area (Å²) in [7, 11) is 3.12. The van der Waals surface area contributed by atoms with E-state index >= 15 is 0 Å². The van der Waals surface area contributed by atoms with Gasteiger partial charge in [0.05, 0.1) is 14.2 Å². The third-order valence-corrected chi connectivity index (χ3v) is 5.71. The molecule has 1 aliphatic rings. The summed E-state index contributed by atoms with van der Waals surface area (Å²) in [6.45, 7) is 3.77. The lowest BCUT2D eigenvalue weighted by Gasteiger charge is -2.30. The molecule has 0 aliphatic carbocycles. The van der Waals surface area contributed by atoms with Crippen molar-refractivity contribution >= 4 is 40.9 Å². The molecule has 2 amide bonds. The van der Waals surface area contributed by atoms with Gasteiger partial charge in [0.15, 0.2) is 16.6 Å². The quantitative estimate of drug-likeness (QED) is 0.492. The van der Waals surface area contributed by atoms with E-state index in [0.717, 1.165) is 31.5 Å². The Kier molecular flexibility index (Phi) is 8.43. The number of amides is 2. The maximum Gasteiger partial charge on any atom is 0.253 e. The Morgan fingerprint density at radius 2 is 1.79 bits per heavy atom. The molecule has 7 nitrogen and oxygen atoms in total. The summed E-state index contributed by atoms with van der Waals surface area (Å²) in [5.41, 5.74) is 2.01. The molecule has 2 N–H and O–H groups in total. The molecular weight excluding hydrogens is 438 g/mol. The molecular formula is C25H29N3O4S. The van der Waals surface area contributed by atoms with Crippen molar-refractivity contribution in [1.29, 1.82) is 0 Å². The van der Waals surface area contributed by atoms with E-state index in [0.29, 0.717) is 28.7 Å². The molecule has 0 saturated carbocycles. The van der Waals surface area contributed by atoms with Gasteiger partial charge in [0.25, 0.3) is 5.91 Å². The fourth-order valence-electron chi connectivity index (χ4n) is 3.57. The highest BCUT2D eigenvalue weighted by atomic mass is 32.1. The molecule has 2 aromatic carbocycles. The zero-order valence-corrected chi connectivity index (χ0v) is 19.9. The monoisotopic (exact) mass is 467 g/mol. The second kappa shape index (κ2) is 11.5. The van der Waals surface area contributed by atoms with Crippen molar-refractivity contribution in [2.45, 2.75) is 19.8 Å². The smallest absolute Gasteiger partial charge is 0.253 e. The lowest BCUT2D eigenvalue weighted by molar-refractivity contribution is -0.115. The number of hydrogen-bond donors (Lipinski definition) is 2. The van der Waals surface area contributed by atoms with Gasteiger partial charge in [0, 0.05) is 30.4 Å². The van der Waals surface area contributed by atoms with Crippen molar-refractivity contribution in [2.75, 3.05) is 32.6 Å². The van der Waals surface area contributed by atoms with Crippen LogP contribution in [0, 0.1) is 5.92 Å². The minimum absolute atomic E-state index is 0.0124. The van der Waals surface area contributed by atoms with Crippen LogP contribution in [0.4, 0.5) is 5.69 Å². The number of anilines is 1. The van der Waals surface area contributed by atoms with Gasteiger partial charge in [0.1, 0.15) is 0 Å². The summed E-state index contributed by atoms with van der Waals surface area (Å²) < 4.78 is 10.5. The highest BCUT2D eigenvalue weighted by Crippen LogP contribution is 2.28. The third-order valence-electron chi connectivity index (χ3n) is 5.51. The number of carbonyl (C=O) groups excluding carboxylic acids is 2. The van der Waals surface area contributed by atoms with Gasteiger partial charge in [-0.25, -0.2) is 0 Å². The first-order chi connectivity index (χ1) is 15.9. The van der Waals surface area contributed by atoms with Crippen molar-refractivity contribution < 1.29 is 19.1 Å². The SMILES string of the molecule is COc1ccc(/C=C/C(=O)NC(=S)Nc2cccc(C(=O)N3CCC(C)CC3)c2)cc1OC. The van der Waals surface area contributed by atoms with E-state index < -0.39 is 0 Å². The lowest BCUT2D eigenvalue weighted by atomic mass is 9.98. The Morgan fingerprint density at radius 1 is 1.06 bits per heavy atom. The van der Waals surface area contributed by atoms with Crippen LogP contribution in [0.2, 0.25) is 0 Å². The van der Waals surface area contributed by atoms with Crippen molar-refractivity contribution in [3.63, 3.8) is 0 Å². The molecule has 2 aromatic rings. The fraction of sp³-hybridized carbons (Fsp3) is 0.320. The summed E-state index contributed by atoms with van der Waals surface area (Å²) in [5, 5.41) is 5.72. The molecule has 33 heavy (non-hydrogen) atoms. The second-order valence-electron chi connectivity index (χ2n) is 7.95. The van der Waals surface area contributed by atoms with Crippen LogP contribution >= 0.6 is 12.2 Å².